The number of benzene rings is 2. The molecule has 0 atom stereocenters. The Morgan fingerprint density at radius 2 is 1.87 bits per heavy atom. The van der Waals surface area contributed by atoms with E-state index in [2.05, 4.69) is 17.6 Å². The molecule has 1 saturated heterocycles. The van der Waals surface area contributed by atoms with Crippen molar-refractivity contribution in [3.63, 3.8) is 0 Å². The summed E-state index contributed by atoms with van der Waals surface area (Å²) in [4.78, 5) is 35.6. The molecule has 3 rings (SSSR count). The largest absolute Gasteiger partial charge is 0.493 e. The summed E-state index contributed by atoms with van der Waals surface area (Å²) in [7, 11) is 0. The van der Waals surface area contributed by atoms with Crippen molar-refractivity contribution >= 4 is 45.7 Å². The molecule has 0 bridgehead atoms. The number of hydrogen-bond donors (Lipinski definition) is 2. The molecule has 3 amide bonds. The van der Waals surface area contributed by atoms with Gasteiger partial charge in [0.05, 0.1) is 11.5 Å². The molecule has 0 aliphatic carbocycles. The second-order valence-electron chi connectivity index (χ2n) is 7.41. The van der Waals surface area contributed by atoms with Gasteiger partial charge in [0.2, 0.25) is 5.91 Å². The molecule has 0 unspecified atom stereocenters. The van der Waals surface area contributed by atoms with Crippen LogP contribution in [0.25, 0.3) is 16.8 Å². The van der Waals surface area contributed by atoms with Crippen LogP contribution in [0.1, 0.15) is 51.0 Å². The molecule has 164 valence electrons. The van der Waals surface area contributed by atoms with Gasteiger partial charge in [0.15, 0.2) is 0 Å². The van der Waals surface area contributed by atoms with Gasteiger partial charge in [0.25, 0.3) is 11.1 Å². The number of imide groups is 1. The van der Waals surface area contributed by atoms with Gasteiger partial charge in [0, 0.05) is 18.4 Å². The fourth-order valence-electron chi connectivity index (χ4n) is 3.39. The zero-order chi connectivity index (χ0) is 22.1. The van der Waals surface area contributed by atoms with E-state index >= 15 is 0 Å². The fourth-order valence-corrected chi connectivity index (χ4v) is 4.06. The van der Waals surface area contributed by atoms with Crippen molar-refractivity contribution in [2.75, 3.05) is 13.2 Å². The maximum atomic E-state index is 11.9. The molecule has 1 aliphatic heterocycles. The van der Waals surface area contributed by atoms with Gasteiger partial charge in [-0.2, -0.15) is 0 Å². The summed E-state index contributed by atoms with van der Waals surface area (Å²) >= 11 is 0.902. The van der Waals surface area contributed by atoms with Gasteiger partial charge in [-0.25, -0.2) is 0 Å². The van der Waals surface area contributed by atoms with Crippen molar-refractivity contribution in [3.8, 4) is 5.75 Å². The Morgan fingerprint density at radius 3 is 2.61 bits per heavy atom. The van der Waals surface area contributed by atoms with Gasteiger partial charge in [0.1, 0.15) is 5.75 Å². The number of hydrogen-bond acceptors (Lipinski definition) is 5. The van der Waals surface area contributed by atoms with Gasteiger partial charge in [-0.05, 0) is 47.7 Å². The van der Waals surface area contributed by atoms with E-state index in [1.54, 1.807) is 6.08 Å². The highest BCUT2D eigenvalue weighted by atomic mass is 32.2. The van der Waals surface area contributed by atoms with Crippen LogP contribution < -0.4 is 15.4 Å². The highest BCUT2D eigenvalue weighted by Crippen LogP contribution is 2.32. The Bertz CT molecular complexity index is 987. The Balaban J connectivity index is 1.56. The van der Waals surface area contributed by atoms with E-state index in [0.29, 0.717) is 24.4 Å². The van der Waals surface area contributed by atoms with Crippen LogP contribution in [0.2, 0.25) is 0 Å². The van der Waals surface area contributed by atoms with Crippen molar-refractivity contribution in [3.05, 3.63) is 46.9 Å². The molecule has 2 N–H and O–H groups in total. The second-order valence-corrected chi connectivity index (χ2v) is 8.43. The van der Waals surface area contributed by atoms with Crippen molar-refractivity contribution in [1.82, 2.24) is 10.6 Å². The summed E-state index contributed by atoms with van der Waals surface area (Å²) in [6.45, 7) is 3.35. The first kappa shape index (κ1) is 22.9. The van der Waals surface area contributed by atoms with Gasteiger partial charge < -0.3 is 10.1 Å². The van der Waals surface area contributed by atoms with E-state index < -0.39 is 0 Å². The summed E-state index contributed by atoms with van der Waals surface area (Å²) in [5, 5.41) is 6.73. The number of nitrogens with one attached hydrogen (secondary N) is 2. The lowest BCUT2D eigenvalue weighted by Gasteiger charge is -2.11. The Morgan fingerprint density at radius 1 is 1.06 bits per heavy atom. The van der Waals surface area contributed by atoms with Crippen LogP contribution in [0.15, 0.2) is 41.3 Å². The molecular formula is C24H28N2O4S. The van der Waals surface area contributed by atoms with Gasteiger partial charge in [-0.3, -0.25) is 19.7 Å². The molecule has 0 radical (unpaired) electrons. The summed E-state index contributed by atoms with van der Waals surface area (Å²) in [5.41, 5.74) is 0.845. The molecule has 2 aromatic carbocycles. The molecule has 1 fully saturated rings. The van der Waals surface area contributed by atoms with E-state index in [4.69, 9.17) is 4.74 Å². The smallest absolute Gasteiger partial charge is 0.290 e. The summed E-state index contributed by atoms with van der Waals surface area (Å²) in [6, 6.07) is 11.5. The lowest BCUT2D eigenvalue weighted by atomic mass is 10.0. The number of fused-ring (bicyclic) bond motifs is 1. The average Bonchev–Trinajstić information content (AvgIpc) is 3.08. The molecule has 0 spiro atoms. The first-order valence-corrected chi connectivity index (χ1v) is 11.6. The van der Waals surface area contributed by atoms with Crippen molar-refractivity contribution in [2.24, 2.45) is 0 Å². The summed E-state index contributed by atoms with van der Waals surface area (Å²) in [6.07, 6.45) is 7.38. The highest BCUT2D eigenvalue weighted by molar-refractivity contribution is 8.18. The fraction of sp³-hybridized carbons (Fsp3) is 0.375. The van der Waals surface area contributed by atoms with Crippen LogP contribution in [0.3, 0.4) is 0 Å². The Kier molecular flexibility index (Phi) is 8.53. The molecule has 0 aromatic heterocycles. The second kappa shape index (κ2) is 11.6. The molecule has 7 heteroatoms. The quantitative estimate of drug-likeness (QED) is 0.379. The average molecular weight is 441 g/mol. The topological polar surface area (TPSA) is 84.5 Å². The number of amides is 3. The van der Waals surface area contributed by atoms with Gasteiger partial charge in [-0.1, -0.05) is 56.5 Å². The predicted molar refractivity (Wildman–Crippen MR) is 125 cm³/mol. The van der Waals surface area contributed by atoms with Crippen molar-refractivity contribution < 1.29 is 19.1 Å². The maximum Gasteiger partial charge on any atom is 0.290 e. The predicted octanol–water partition coefficient (Wildman–Crippen LogP) is 5.02. The van der Waals surface area contributed by atoms with Crippen molar-refractivity contribution in [1.29, 1.82) is 0 Å². The van der Waals surface area contributed by atoms with E-state index in [1.165, 1.54) is 12.8 Å². The highest BCUT2D eigenvalue weighted by Gasteiger charge is 2.25. The van der Waals surface area contributed by atoms with Crippen LogP contribution in [0, 0.1) is 0 Å². The zero-order valence-corrected chi connectivity index (χ0v) is 18.6. The van der Waals surface area contributed by atoms with E-state index in [1.807, 2.05) is 36.4 Å². The van der Waals surface area contributed by atoms with Gasteiger partial charge in [-0.15, -0.1) is 0 Å². The number of unbranched alkanes of at least 4 members (excludes halogenated alkanes) is 3. The SMILES string of the molecule is CCCCCCNC(=O)CCCOc1ccc(/C=C2\SC(=O)NC2=O)c2ccccc12. The molecule has 2 aromatic rings. The minimum absolute atomic E-state index is 0.0637. The number of ether oxygens (including phenoxy) is 1. The van der Waals surface area contributed by atoms with Gasteiger partial charge >= 0.3 is 0 Å². The molecule has 1 heterocycles. The van der Waals surface area contributed by atoms with Crippen LogP contribution in [0.4, 0.5) is 4.79 Å². The minimum Gasteiger partial charge on any atom is -0.493 e. The molecule has 6 nitrogen and oxygen atoms in total. The zero-order valence-electron chi connectivity index (χ0n) is 17.7. The van der Waals surface area contributed by atoms with E-state index in [0.717, 1.165) is 53.2 Å². The third-order valence-electron chi connectivity index (χ3n) is 5.00. The number of thioether (sulfide) groups is 1. The lowest BCUT2D eigenvalue weighted by molar-refractivity contribution is -0.121. The normalized spacial score (nSPS) is 14.8. The number of carbonyl (C=O) groups excluding carboxylic acids is 3. The third kappa shape index (κ3) is 6.59. The third-order valence-corrected chi connectivity index (χ3v) is 5.82. The van der Waals surface area contributed by atoms with E-state index in [-0.39, 0.29) is 17.1 Å². The Labute approximate surface area is 186 Å². The van der Waals surface area contributed by atoms with Crippen LogP contribution >= 0.6 is 11.8 Å². The summed E-state index contributed by atoms with van der Waals surface area (Å²) < 4.78 is 5.95. The summed E-state index contributed by atoms with van der Waals surface area (Å²) in [5.74, 6) is 0.425. The van der Waals surface area contributed by atoms with Crippen molar-refractivity contribution in [2.45, 2.75) is 45.4 Å². The van der Waals surface area contributed by atoms with Crippen LogP contribution in [-0.4, -0.2) is 30.2 Å². The lowest BCUT2D eigenvalue weighted by Crippen LogP contribution is -2.24. The standard InChI is InChI=1S/C24H28N2O4S/c1-2-3-4-7-14-25-22(27)11-8-15-30-20-13-12-17(18-9-5-6-10-19(18)20)16-21-23(28)26-24(29)31-21/h5-6,9-10,12-13,16H,2-4,7-8,11,14-15H2,1H3,(H,25,27)(H,26,28,29)/b21-16-. The van der Waals surface area contributed by atoms with E-state index in [9.17, 15) is 14.4 Å². The maximum absolute atomic E-state index is 11.9. The molecular weight excluding hydrogens is 412 g/mol. The first-order chi connectivity index (χ1) is 15.1. The monoisotopic (exact) mass is 440 g/mol. The number of rotatable bonds is 11. The Hall–Kier alpha value is -2.80. The number of carbonyl (C=O) groups is 3. The van der Waals surface area contributed by atoms with Crippen LogP contribution in [0.5, 0.6) is 5.75 Å². The minimum atomic E-state index is -0.372. The first-order valence-electron chi connectivity index (χ1n) is 10.7. The molecule has 0 saturated carbocycles. The molecule has 1 aliphatic rings. The van der Waals surface area contributed by atoms with Crippen LogP contribution in [-0.2, 0) is 9.59 Å². The molecule has 31 heavy (non-hydrogen) atoms.